The Morgan fingerprint density at radius 1 is 1.39 bits per heavy atom. The molecule has 0 amide bonds. The lowest BCUT2D eigenvalue weighted by Crippen LogP contribution is -2.18. The van der Waals surface area contributed by atoms with Gasteiger partial charge in [-0.05, 0) is 17.7 Å². The summed E-state index contributed by atoms with van der Waals surface area (Å²) in [5, 5.41) is 3.55. The molecule has 0 spiro atoms. The van der Waals surface area contributed by atoms with Crippen molar-refractivity contribution in [2.24, 2.45) is 7.05 Å². The molecule has 0 saturated carbocycles. The summed E-state index contributed by atoms with van der Waals surface area (Å²) in [7, 11) is -2.41. The van der Waals surface area contributed by atoms with E-state index in [-0.39, 0.29) is 21.2 Å². The maximum Gasteiger partial charge on any atom is 0.281 e. The van der Waals surface area contributed by atoms with Crippen LogP contribution in [0.2, 0.25) is 10.3 Å². The van der Waals surface area contributed by atoms with Crippen LogP contribution in [0.5, 0.6) is 0 Å². The summed E-state index contributed by atoms with van der Waals surface area (Å²) in [6.45, 7) is 0. The van der Waals surface area contributed by atoms with Crippen molar-refractivity contribution in [3.8, 4) is 0 Å². The maximum absolute atomic E-state index is 12.1. The molecule has 0 aromatic carbocycles. The van der Waals surface area contributed by atoms with Gasteiger partial charge >= 0.3 is 0 Å². The lowest BCUT2D eigenvalue weighted by Gasteiger charge is -2.07. The second kappa shape index (κ2) is 4.71. The van der Waals surface area contributed by atoms with E-state index in [4.69, 9.17) is 23.2 Å². The molecule has 0 bridgehead atoms. The number of aryl methyl sites for hydroxylation is 1. The molecule has 0 saturated heterocycles. The summed E-state index contributed by atoms with van der Waals surface area (Å²) in [5.74, 6) is 0.0484. The highest BCUT2D eigenvalue weighted by Gasteiger charge is 2.23. The Morgan fingerprint density at radius 3 is 2.67 bits per heavy atom. The minimum atomic E-state index is -3.88. The first kappa shape index (κ1) is 13.1. The van der Waals surface area contributed by atoms with Gasteiger partial charge in [-0.1, -0.05) is 11.6 Å². The first-order valence-corrected chi connectivity index (χ1v) is 6.83. The van der Waals surface area contributed by atoms with Crippen LogP contribution < -0.4 is 4.72 Å². The molecule has 0 unspecified atom stereocenters. The number of aromatic nitrogens is 4. The Balaban J connectivity index is 2.39. The largest absolute Gasteiger partial charge is 0.281 e. The Labute approximate surface area is 113 Å². The standard InChI is InChI=1S/C8H7Cl2N5O2S/c1-15-7(5(9)4-12-15)18(16,17)14-6-2-3-11-8(10)13-6/h2-4H,1H3,(H,11,13,14). The minimum absolute atomic E-state index is 0.0187. The lowest BCUT2D eigenvalue weighted by molar-refractivity contribution is 0.582. The third-order valence-corrected chi connectivity index (χ3v) is 4.00. The second-order valence-electron chi connectivity index (χ2n) is 3.24. The topological polar surface area (TPSA) is 89.8 Å². The van der Waals surface area contributed by atoms with Gasteiger partial charge in [0.15, 0.2) is 5.03 Å². The maximum atomic E-state index is 12.1. The molecule has 0 radical (unpaired) electrons. The average molecular weight is 308 g/mol. The number of nitrogens with zero attached hydrogens (tertiary/aromatic N) is 4. The van der Waals surface area contributed by atoms with Crippen molar-refractivity contribution in [2.75, 3.05) is 4.72 Å². The van der Waals surface area contributed by atoms with E-state index >= 15 is 0 Å². The van der Waals surface area contributed by atoms with Gasteiger partial charge in [-0.3, -0.25) is 9.40 Å². The van der Waals surface area contributed by atoms with E-state index in [9.17, 15) is 8.42 Å². The normalized spacial score (nSPS) is 11.5. The van der Waals surface area contributed by atoms with Crippen molar-refractivity contribution in [3.05, 3.63) is 28.8 Å². The summed E-state index contributed by atoms with van der Waals surface area (Å²) in [6.07, 6.45) is 2.57. The van der Waals surface area contributed by atoms with Crippen LogP contribution in [0.1, 0.15) is 0 Å². The third kappa shape index (κ3) is 2.55. The third-order valence-electron chi connectivity index (χ3n) is 1.96. The SMILES string of the molecule is Cn1ncc(Cl)c1S(=O)(=O)Nc1ccnc(Cl)n1. The van der Waals surface area contributed by atoms with E-state index in [0.29, 0.717) is 0 Å². The Morgan fingerprint density at radius 2 is 2.11 bits per heavy atom. The zero-order chi connectivity index (χ0) is 13.3. The van der Waals surface area contributed by atoms with Gasteiger partial charge in [0.1, 0.15) is 5.82 Å². The van der Waals surface area contributed by atoms with Crippen molar-refractivity contribution in [1.29, 1.82) is 0 Å². The quantitative estimate of drug-likeness (QED) is 0.864. The van der Waals surface area contributed by atoms with Crippen LogP contribution in [-0.2, 0) is 17.1 Å². The summed E-state index contributed by atoms with van der Waals surface area (Å²) in [5.41, 5.74) is 0. The summed E-state index contributed by atoms with van der Waals surface area (Å²) < 4.78 is 27.5. The molecule has 2 heterocycles. The van der Waals surface area contributed by atoms with Crippen molar-refractivity contribution in [3.63, 3.8) is 0 Å². The first-order valence-electron chi connectivity index (χ1n) is 4.59. The number of nitrogens with one attached hydrogen (secondary N) is 1. The van der Waals surface area contributed by atoms with Crippen molar-refractivity contribution >= 4 is 39.0 Å². The van der Waals surface area contributed by atoms with Crippen molar-refractivity contribution < 1.29 is 8.42 Å². The van der Waals surface area contributed by atoms with Gasteiger partial charge in [-0.25, -0.2) is 4.98 Å². The molecule has 10 heteroatoms. The molecular formula is C8H7Cl2N5O2S. The van der Waals surface area contributed by atoms with Crippen LogP contribution >= 0.6 is 23.2 Å². The van der Waals surface area contributed by atoms with Crippen molar-refractivity contribution in [2.45, 2.75) is 5.03 Å². The van der Waals surface area contributed by atoms with Crippen LogP contribution in [0.3, 0.4) is 0 Å². The molecule has 2 aromatic heterocycles. The van der Waals surface area contributed by atoms with Crippen LogP contribution in [0.25, 0.3) is 0 Å². The number of rotatable bonds is 3. The number of hydrogen-bond donors (Lipinski definition) is 1. The Bertz CT molecular complexity index is 665. The predicted molar refractivity (Wildman–Crippen MR) is 66.1 cm³/mol. The Kier molecular flexibility index (Phi) is 3.42. The molecule has 0 atom stereocenters. The highest BCUT2D eigenvalue weighted by atomic mass is 35.5. The first-order chi connectivity index (χ1) is 8.40. The molecule has 0 aliphatic heterocycles. The molecule has 0 aliphatic carbocycles. The van der Waals surface area contributed by atoms with Gasteiger partial charge in [0.2, 0.25) is 5.28 Å². The Hall–Kier alpha value is -1.38. The molecule has 0 fully saturated rings. The van der Waals surface area contributed by atoms with Crippen LogP contribution in [0.15, 0.2) is 23.5 Å². The molecular weight excluding hydrogens is 301 g/mol. The molecule has 18 heavy (non-hydrogen) atoms. The molecule has 0 aliphatic rings. The van der Waals surface area contributed by atoms with Crippen LogP contribution in [0.4, 0.5) is 5.82 Å². The van der Waals surface area contributed by atoms with E-state index in [0.717, 1.165) is 4.68 Å². The predicted octanol–water partition coefficient (Wildman–Crippen LogP) is 1.32. The molecule has 96 valence electrons. The fourth-order valence-electron chi connectivity index (χ4n) is 1.28. The zero-order valence-corrected chi connectivity index (χ0v) is 11.3. The van der Waals surface area contributed by atoms with Gasteiger partial charge in [0.05, 0.1) is 11.2 Å². The summed E-state index contributed by atoms with van der Waals surface area (Å²) in [4.78, 5) is 7.36. The van der Waals surface area contributed by atoms with E-state index in [1.165, 1.54) is 25.5 Å². The van der Waals surface area contributed by atoms with Gasteiger partial charge in [0, 0.05) is 13.2 Å². The van der Waals surface area contributed by atoms with E-state index in [1.807, 2.05) is 0 Å². The second-order valence-corrected chi connectivity index (χ2v) is 5.58. The molecule has 1 N–H and O–H groups in total. The number of hydrogen-bond acceptors (Lipinski definition) is 5. The van der Waals surface area contributed by atoms with E-state index in [2.05, 4.69) is 19.8 Å². The van der Waals surface area contributed by atoms with E-state index < -0.39 is 10.0 Å². The number of sulfonamides is 1. The zero-order valence-electron chi connectivity index (χ0n) is 9.00. The monoisotopic (exact) mass is 307 g/mol. The van der Waals surface area contributed by atoms with Crippen molar-refractivity contribution in [1.82, 2.24) is 19.7 Å². The number of anilines is 1. The fourth-order valence-corrected chi connectivity index (χ4v) is 3.09. The van der Waals surface area contributed by atoms with Crippen LogP contribution in [-0.4, -0.2) is 28.2 Å². The number of halogens is 2. The van der Waals surface area contributed by atoms with Gasteiger partial charge in [-0.2, -0.15) is 18.5 Å². The molecule has 7 nitrogen and oxygen atoms in total. The average Bonchev–Trinajstić information content (AvgIpc) is 2.58. The lowest BCUT2D eigenvalue weighted by atomic mass is 10.6. The van der Waals surface area contributed by atoms with Gasteiger partial charge in [-0.15, -0.1) is 0 Å². The molecule has 2 aromatic rings. The van der Waals surface area contributed by atoms with Gasteiger partial charge < -0.3 is 0 Å². The highest BCUT2D eigenvalue weighted by molar-refractivity contribution is 7.92. The molecule has 2 rings (SSSR count). The minimum Gasteiger partial charge on any atom is -0.262 e. The smallest absolute Gasteiger partial charge is 0.262 e. The van der Waals surface area contributed by atoms with Gasteiger partial charge in [0.25, 0.3) is 10.0 Å². The summed E-state index contributed by atoms with van der Waals surface area (Å²) >= 11 is 11.3. The highest BCUT2D eigenvalue weighted by Crippen LogP contribution is 2.22. The van der Waals surface area contributed by atoms with E-state index in [1.54, 1.807) is 0 Å². The van der Waals surface area contributed by atoms with Crippen LogP contribution in [0, 0.1) is 0 Å². The summed E-state index contributed by atoms with van der Waals surface area (Å²) in [6, 6.07) is 1.37. The fraction of sp³-hybridized carbons (Fsp3) is 0.125.